The Labute approximate surface area is 186 Å². The molecule has 0 amide bonds. The molecule has 8 nitrogen and oxygen atoms in total. The molecule has 0 spiro atoms. The Hall–Kier alpha value is -4.72. The summed E-state index contributed by atoms with van der Waals surface area (Å²) in [7, 11) is 0. The number of carbonyl (C=O) groups excluding carboxylic acids is 2. The summed E-state index contributed by atoms with van der Waals surface area (Å²) in [5.41, 5.74) is 1.71. The zero-order valence-electron chi connectivity index (χ0n) is 17.2. The van der Waals surface area contributed by atoms with Crippen LogP contribution in [0.1, 0.15) is 32.0 Å². The molecule has 2 heterocycles. The minimum absolute atomic E-state index is 0.0226. The lowest BCUT2D eigenvalue weighted by atomic mass is 10.1. The van der Waals surface area contributed by atoms with Gasteiger partial charge in [0.1, 0.15) is 17.1 Å². The number of Topliss-reactive ketones (excluding diaryl/α,β-unsaturated/α-hetero) is 1. The number of nitro groups is 1. The van der Waals surface area contributed by atoms with E-state index >= 15 is 0 Å². The van der Waals surface area contributed by atoms with E-state index in [9.17, 15) is 19.7 Å². The van der Waals surface area contributed by atoms with Crippen LogP contribution in [0.3, 0.4) is 0 Å². The molecular weight excluding hydrogens is 426 g/mol. The molecular formula is C25H15NO7. The lowest BCUT2D eigenvalue weighted by molar-refractivity contribution is -0.384. The first-order valence-corrected chi connectivity index (χ1v) is 9.94. The highest BCUT2D eigenvalue weighted by atomic mass is 16.6. The number of non-ortho nitro benzene ring substituents is 1. The monoisotopic (exact) mass is 441 g/mol. The number of para-hydroxylation sites is 1. The Morgan fingerprint density at radius 1 is 1.06 bits per heavy atom. The van der Waals surface area contributed by atoms with E-state index in [2.05, 4.69) is 0 Å². The topological polar surface area (TPSA) is 109 Å². The summed E-state index contributed by atoms with van der Waals surface area (Å²) in [5.74, 6) is -0.468. The van der Waals surface area contributed by atoms with Crippen molar-refractivity contribution in [1.29, 1.82) is 0 Å². The van der Waals surface area contributed by atoms with Gasteiger partial charge in [-0.05, 0) is 42.8 Å². The zero-order valence-corrected chi connectivity index (χ0v) is 17.2. The number of ether oxygens (including phenoxy) is 2. The molecule has 0 N–H and O–H groups in total. The second-order valence-corrected chi connectivity index (χ2v) is 7.40. The van der Waals surface area contributed by atoms with Crippen molar-refractivity contribution in [3.8, 4) is 11.5 Å². The van der Waals surface area contributed by atoms with Crippen molar-refractivity contribution < 1.29 is 28.4 Å². The molecule has 0 fully saturated rings. The highest BCUT2D eigenvalue weighted by Crippen LogP contribution is 2.39. The molecule has 4 aromatic rings. The molecule has 1 aromatic heterocycles. The van der Waals surface area contributed by atoms with Crippen LogP contribution in [0.15, 0.2) is 76.9 Å². The molecule has 0 atom stereocenters. The van der Waals surface area contributed by atoms with Crippen molar-refractivity contribution in [3.63, 3.8) is 0 Å². The maximum Gasteiger partial charge on any atom is 0.379 e. The summed E-state index contributed by atoms with van der Waals surface area (Å²) >= 11 is 0. The third kappa shape index (κ3) is 3.63. The highest BCUT2D eigenvalue weighted by molar-refractivity contribution is 6.15. The lowest BCUT2D eigenvalue weighted by Gasteiger charge is -2.09. The van der Waals surface area contributed by atoms with Gasteiger partial charge in [-0.15, -0.1) is 0 Å². The summed E-state index contributed by atoms with van der Waals surface area (Å²) in [6, 6.07) is 17.7. The fraction of sp³-hybridized carbons (Fsp3) is 0.0400. The number of nitro benzene ring substituents is 1. The first-order valence-electron chi connectivity index (χ1n) is 9.94. The van der Waals surface area contributed by atoms with Gasteiger partial charge in [0.15, 0.2) is 5.76 Å². The van der Waals surface area contributed by atoms with Gasteiger partial charge in [0, 0.05) is 23.1 Å². The van der Waals surface area contributed by atoms with Crippen LogP contribution in [-0.2, 0) is 0 Å². The van der Waals surface area contributed by atoms with Crippen LogP contribution in [0, 0.1) is 17.0 Å². The van der Waals surface area contributed by atoms with Gasteiger partial charge in [-0.2, -0.15) is 0 Å². The van der Waals surface area contributed by atoms with Crippen molar-refractivity contribution in [2.75, 3.05) is 0 Å². The van der Waals surface area contributed by atoms with E-state index in [1.165, 1.54) is 36.4 Å². The number of hydrogen-bond donors (Lipinski definition) is 0. The quantitative estimate of drug-likeness (QED) is 0.135. The number of hydrogen-bond acceptors (Lipinski definition) is 7. The fourth-order valence-electron chi connectivity index (χ4n) is 3.59. The SMILES string of the molecule is Cc1c(OC(=O)c2cc3ccccc3o2)ccc2c1O/C(=C\c1cccc([N+](=O)[O-])c1)C2=O. The fourth-order valence-corrected chi connectivity index (χ4v) is 3.59. The van der Waals surface area contributed by atoms with E-state index in [0.717, 1.165) is 5.39 Å². The standard InChI is InChI=1S/C25H15NO7/c1-14-19(33-25(28)22-13-16-6-2-3-8-20(16)31-22)10-9-18-23(27)21(32-24(14)18)12-15-5-4-7-17(11-15)26(29)30/h2-13H,1H3/b21-12-. The summed E-state index contributed by atoms with van der Waals surface area (Å²) in [4.78, 5) is 35.9. The molecule has 0 aliphatic carbocycles. The van der Waals surface area contributed by atoms with Crippen LogP contribution < -0.4 is 9.47 Å². The number of furan rings is 1. The van der Waals surface area contributed by atoms with Gasteiger partial charge in [0.2, 0.25) is 11.5 Å². The average molecular weight is 441 g/mol. The maximum atomic E-state index is 12.8. The number of benzene rings is 3. The van der Waals surface area contributed by atoms with Crippen LogP contribution in [-0.4, -0.2) is 16.7 Å². The molecule has 1 aliphatic heterocycles. The molecule has 1 aliphatic rings. The third-order valence-electron chi connectivity index (χ3n) is 5.24. The minimum Gasteiger partial charge on any atom is -0.452 e. The molecule has 5 rings (SSSR count). The van der Waals surface area contributed by atoms with Crippen molar-refractivity contribution in [2.24, 2.45) is 0 Å². The molecule has 0 saturated carbocycles. The number of ketones is 1. The van der Waals surface area contributed by atoms with E-state index in [4.69, 9.17) is 13.9 Å². The second kappa shape index (κ2) is 7.76. The number of allylic oxidation sites excluding steroid dienone is 1. The van der Waals surface area contributed by atoms with E-state index in [0.29, 0.717) is 22.3 Å². The molecule has 0 unspecified atom stereocenters. The third-order valence-corrected chi connectivity index (χ3v) is 5.24. The predicted octanol–water partition coefficient (Wildman–Crippen LogP) is 5.48. The van der Waals surface area contributed by atoms with Crippen molar-refractivity contribution >= 4 is 34.5 Å². The highest BCUT2D eigenvalue weighted by Gasteiger charge is 2.31. The predicted molar refractivity (Wildman–Crippen MR) is 118 cm³/mol. The van der Waals surface area contributed by atoms with Gasteiger partial charge >= 0.3 is 5.97 Å². The minimum atomic E-state index is -0.675. The normalized spacial score (nSPS) is 13.7. The Morgan fingerprint density at radius 3 is 2.67 bits per heavy atom. The van der Waals surface area contributed by atoms with Crippen LogP contribution >= 0.6 is 0 Å². The summed E-state index contributed by atoms with van der Waals surface area (Å²) in [6.45, 7) is 1.67. The van der Waals surface area contributed by atoms with E-state index in [1.807, 2.05) is 12.1 Å². The van der Waals surface area contributed by atoms with Crippen molar-refractivity contribution in [3.05, 3.63) is 105 Å². The number of fused-ring (bicyclic) bond motifs is 2. The van der Waals surface area contributed by atoms with Gasteiger partial charge in [-0.25, -0.2) is 4.79 Å². The van der Waals surface area contributed by atoms with Crippen molar-refractivity contribution in [1.82, 2.24) is 0 Å². The number of rotatable bonds is 4. The Morgan fingerprint density at radius 2 is 1.88 bits per heavy atom. The molecule has 0 bridgehead atoms. The van der Waals surface area contributed by atoms with Crippen LogP contribution in [0.25, 0.3) is 17.0 Å². The van der Waals surface area contributed by atoms with Crippen molar-refractivity contribution in [2.45, 2.75) is 6.92 Å². The number of carbonyl (C=O) groups is 2. The van der Waals surface area contributed by atoms with Gasteiger partial charge in [0.25, 0.3) is 5.69 Å². The summed E-state index contributed by atoms with van der Waals surface area (Å²) in [6.07, 6.45) is 1.44. The summed E-state index contributed by atoms with van der Waals surface area (Å²) < 4.78 is 16.8. The summed E-state index contributed by atoms with van der Waals surface area (Å²) in [5, 5.41) is 11.8. The molecule has 162 valence electrons. The average Bonchev–Trinajstić information content (AvgIpc) is 3.38. The smallest absolute Gasteiger partial charge is 0.379 e. The van der Waals surface area contributed by atoms with E-state index < -0.39 is 10.9 Å². The zero-order chi connectivity index (χ0) is 23.1. The number of nitrogens with zero attached hydrogens (tertiary/aromatic N) is 1. The Bertz CT molecular complexity index is 1460. The van der Waals surface area contributed by atoms with Crippen LogP contribution in [0.4, 0.5) is 5.69 Å². The van der Waals surface area contributed by atoms with Gasteiger partial charge in [-0.1, -0.05) is 30.3 Å². The maximum absolute atomic E-state index is 12.8. The lowest BCUT2D eigenvalue weighted by Crippen LogP contribution is -2.08. The second-order valence-electron chi connectivity index (χ2n) is 7.40. The molecule has 8 heteroatoms. The molecule has 3 aromatic carbocycles. The molecule has 0 radical (unpaired) electrons. The van der Waals surface area contributed by atoms with Gasteiger partial charge in [0.05, 0.1) is 10.5 Å². The van der Waals surface area contributed by atoms with E-state index in [-0.39, 0.29) is 34.5 Å². The number of esters is 1. The Kier molecular flexibility index (Phi) is 4.75. The van der Waals surface area contributed by atoms with Crippen LogP contribution in [0.2, 0.25) is 0 Å². The van der Waals surface area contributed by atoms with Crippen LogP contribution in [0.5, 0.6) is 11.5 Å². The molecule has 33 heavy (non-hydrogen) atoms. The first kappa shape index (κ1) is 20.2. The van der Waals surface area contributed by atoms with Gasteiger partial charge in [-0.3, -0.25) is 14.9 Å². The molecule has 0 saturated heterocycles. The largest absolute Gasteiger partial charge is 0.452 e. The van der Waals surface area contributed by atoms with E-state index in [1.54, 1.807) is 31.2 Å². The Balaban J connectivity index is 1.42. The van der Waals surface area contributed by atoms with Gasteiger partial charge < -0.3 is 13.9 Å². The first-order chi connectivity index (χ1) is 15.9.